The molecule has 0 saturated carbocycles. The Morgan fingerprint density at radius 1 is 1.32 bits per heavy atom. The third-order valence-electron chi connectivity index (χ3n) is 2.58. The van der Waals surface area contributed by atoms with Crippen molar-refractivity contribution in [3.05, 3.63) is 41.7 Å². The fourth-order valence-corrected chi connectivity index (χ4v) is 1.74. The second kappa shape index (κ2) is 5.83. The number of hydrogen-bond acceptors (Lipinski definition) is 5. The van der Waals surface area contributed by atoms with E-state index in [1.165, 1.54) is 0 Å². The third kappa shape index (κ3) is 3.19. The Hall–Kier alpha value is -2.61. The van der Waals surface area contributed by atoms with Crippen LogP contribution in [0.5, 0.6) is 0 Å². The Balaban J connectivity index is 2.30. The van der Waals surface area contributed by atoms with Crippen molar-refractivity contribution in [1.82, 2.24) is 9.97 Å². The number of benzene rings is 1. The maximum Gasteiger partial charge on any atom is 0.136 e. The van der Waals surface area contributed by atoms with Gasteiger partial charge in [-0.3, -0.25) is 0 Å². The lowest BCUT2D eigenvalue weighted by Crippen LogP contribution is -2.04. The average Bonchev–Trinajstić information content (AvgIpc) is 2.39. The minimum Gasteiger partial charge on any atom is -0.384 e. The molecule has 0 spiro atoms. The van der Waals surface area contributed by atoms with Crippen molar-refractivity contribution in [2.24, 2.45) is 0 Å². The van der Waals surface area contributed by atoms with Crippen molar-refractivity contribution in [2.45, 2.75) is 19.8 Å². The van der Waals surface area contributed by atoms with Crippen molar-refractivity contribution in [3.8, 4) is 6.07 Å². The SMILES string of the molecule is CCCc1nc(N)cc(Nc2ccccc2C#N)n1. The Bertz CT molecular complexity index is 615. The first-order chi connectivity index (χ1) is 9.22. The summed E-state index contributed by atoms with van der Waals surface area (Å²) < 4.78 is 0. The summed E-state index contributed by atoms with van der Waals surface area (Å²) in [5.41, 5.74) is 7.04. The Labute approximate surface area is 112 Å². The number of nitrogens with one attached hydrogen (secondary N) is 1. The first kappa shape index (κ1) is 12.8. The molecular weight excluding hydrogens is 238 g/mol. The van der Waals surface area contributed by atoms with Crippen LogP contribution < -0.4 is 11.1 Å². The van der Waals surface area contributed by atoms with Gasteiger partial charge >= 0.3 is 0 Å². The summed E-state index contributed by atoms with van der Waals surface area (Å²) in [7, 11) is 0. The van der Waals surface area contributed by atoms with Crippen LogP contribution in [0.3, 0.4) is 0 Å². The normalized spacial score (nSPS) is 9.89. The number of hydrogen-bond donors (Lipinski definition) is 2. The molecule has 0 radical (unpaired) electrons. The first-order valence-corrected chi connectivity index (χ1v) is 6.12. The van der Waals surface area contributed by atoms with Crippen molar-refractivity contribution in [2.75, 3.05) is 11.1 Å². The van der Waals surface area contributed by atoms with Crippen LogP contribution in [0, 0.1) is 11.3 Å². The maximum absolute atomic E-state index is 9.04. The largest absolute Gasteiger partial charge is 0.384 e. The lowest BCUT2D eigenvalue weighted by Gasteiger charge is -2.09. The lowest BCUT2D eigenvalue weighted by molar-refractivity contribution is 0.839. The topological polar surface area (TPSA) is 87.6 Å². The molecule has 0 amide bonds. The highest BCUT2D eigenvalue weighted by molar-refractivity contribution is 5.65. The van der Waals surface area contributed by atoms with E-state index < -0.39 is 0 Å². The van der Waals surface area contributed by atoms with E-state index in [1.54, 1.807) is 12.1 Å². The molecular formula is C14H15N5. The standard InChI is InChI=1S/C14H15N5/c1-2-5-13-18-12(16)8-14(19-13)17-11-7-4-3-6-10(11)9-15/h3-4,6-8H,2,5H2,1H3,(H3,16,17,18,19). The molecule has 0 atom stereocenters. The molecule has 1 aromatic heterocycles. The van der Waals surface area contributed by atoms with Crippen molar-refractivity contribution >= 4 is 17.3 Å². The van der Waals surface area contributed by atoms with Gasteiger partial charge in [-0.15, -0.1) is 0 Å². The minimum absolute atomic E-state index is 0.426. The van der Waals surface area contributed by atoms with Crippen LogP contribution in [-0.4, -0.2) is 9.97 Å². The molecule has 5 nitrogen and oxygen atoms in total. The molecule has 19 heavy (non-hydrogen) atoms. The van der Waals surface area contributed by atoms with Crippen LogP contribution >= 0.6 is 0 Å². The number of nitrogens with two attached hydrogens (primary N) is 1. The van der Waals surface area contributed by atoms with Crippen molar-refractivity contribution < 1.29 is 0 Å². The van der Waals surface area contributed by atoms with Gasteiger partial charge in [0.2, 0.25) is 0 Å². The van der Waals surface area contributed by atoms with Gasteiger partial charge in [-0.25, -0.2) is 9.97 Å². The average molecular weight is 253 g/mol. The van der Waals surface area contributed by atoms with E-state index in [9.17, 15) is 0 Å². The number of nitriles is 1. The molecule has 0 aliphatic carbocycles. The highest BCUT2D eigenvalue weighted by Gasteiger charge is 2.05. The van der Waals surface area contributed by atoms with Gasteiger partial charge in [0.1, 0.15) is 23.5 Å². The van der Waals surface area contributed by atoms with E-state index in [0.29, 0.717) is 28.7 Å². The summed E-state index contributed by atoms with van der Waals surface area (Å²) in [4.78, 5) is 8.55. The van der Waals surface area contributed by atoms with E-state index >= 15 is 0 Å². The molecule has 0 fully saturated rings. The zero-order chi connectivity index (χ0) is 13.7. The predicted octanol–water partition coefficient (Wildman–Crippen LogP) is 2.63. The second-order valence-electron chi connectivity index (χ2n) is 4.13. The van der Waals surface area contributed by atoms with Crippen molar-refractivity contribution in [1.29, 1.82) is 5.26 Å². The zero-order valence-electron chi connectivity index (χ0n) is 10.7. The number of nitrogens with zero attached hydrogens (tertiary/aromatic N) is 3. The van der Waals surface area contributed by atoms with E-state index in [-0.39, 0.29) is 0 Å². The minimum atomic E-state index is 0.426. The molecule has 0 unspecified atom stereocenters. The Morgan fingerprint density at radius 2 is 2.11 bits per heavy atom. The monoisotopic (exact) mass is 253 g/mol. The summed E-state index contributed by atoms with van der Waals surface area (Å²) in [5.74, 6) is 1.74. The molecule has 1 heterocycles. The quantitative estimate of drug-likeness (QED) is 0.874. The smallest absolute Gasteiger partial charge is 0.136 e. The number of rotatable bonds is 4. The van der Waals surface area contributed by atoms with Crippen molar-refractivity contribution in [3.63, 3.8) is 0 Å². The van der Waals surface area contributed by atoms with E-state index in [1.807, 2.05) is 18.2 Å². The van der Waals surface area contributed by atoms with Gasteiger partial charge in [0.15, 0.2) is 0 Å². The molecule has 0 aliphatic rings. The van der Waals surface area contributed by atoms with Crippen LogP contribution in [-0.2, 0) is 6.42 Å². The summed E-state index contributed by atoms with van der Waals surface area (Å²) in [6.45, 7) is 2.06. The van der Waals surface area contributed by atoms with Crippen LogP contribution in [0.1, 0.15) is 24.7 Å². The number of para-hydroxylation sites is 1. The fraction of sp³-hybridized carbons (Fsp3) is 0.214. The van der Waals surface area contributed by atoms with Gasteiger partial charge in [-0.05, 0) is 18.6 Å². The van der Waals surface area contributed by atoms with E-state index in [0.717, 1.165) is 12.8 Å². The fourth-order valence-electron chi connectivity index (χ4n) is 1.74. The maximum atomic E-state index is 9.04. The van der Waals surface area contributed by atoms with E-state index in [2.05, 4.69) is 28.3 Å². The van der Waals surface area contributed by atoms with Gasteiger partial charge in [0.05, 0.1) is 11.3 Å². The van der Waals surface area contributed by atoms with E-state index in [4.69, 9.17) is 11.0 Å². The lowest BCUT2D eigenvalue weighted by atomic mass is 10.2. The number of aryl methyl sites for hydroxylation is 1. The van der Waals surface area contributed by atoms with Gasteiger partial charge in [0, 0.05) is 12.5 Å². The molecule has 3 N–H and O–H groups in total. The third-order valence-corrected chi connectivity index (χ3v) is 2.58. The Morgan fingerprint density at radius 3 is 2.84 bits per heavy atom. The molecule has 1 aromatic carbocycles. The summed E-state index contributed by atoms with van der Waals surface area (Å²) in [6.07, 6.45) is 1.73. The Kier molecular flexibility index (Phi) is 3.94. The summed E-state index contributed by atoms with van der Waals surface area (Å²) in [5, 5.41) is 12.2. The van der Waals surface area contributed by atoms with Crippen LogP contribution in [0.15, 0.2) is 30.3 Å². The van der Waals surface area contributed by atoms with Crippen LogP contribution in [0.25, 0.3) is 0 Å². The number of nitrogen functional groups attached to an aromatic ring is 1. The zero-order valence-corrected chi connectivity index (χ0v) is 10.7. The molecule has 0 aliphatic heterocycles. The van der Waals surface area contributed by atoms with Crippen LogP contribution in [0.4, 0.5) is 17.3 Å². The molecule has 2 aromatic rings. The number of aromatic nitrogens is 2. The molecule has 0 bridgehead atoms. The molecule has 0 saturated heterocycles. The molecule has 96 valence electrons. The van der Waals surface area contributed by atoms with Crippen LogP contribution in [0.2, 0.25) is 0 Å². The number of anilines is 3. The second-order valence-corrected chi connectivity index (χ2v) is 4.13. The highest BCUT2D eigenvalue weighted by atomic mass is 15.1. The van der Waals surface area contributed by atoms with Gasteiger partial charge in [-0.2, -0.15) is 5.26 Å². The van der Waals surface area contributed by atoms with Gasteiger partial charge in [-0.1, -0.05) is 19.1 Å². The first-order valence-electron chi connectivity index (χ1n) is 6.12. The predicted molar refractivity (Wildman–Crippen MR) is 74.9 cm³/mol. The highest BCUT2D eigenvalue weighted by Crippen LogP contribution is 2.20. The molecule has 2 rings (SSSR count). The molecule has 5 heteroatoms. The van der Waals surface area contributed by atoms with Gasteiger partial charge in [0.25, 0.3) is 0 Å². The summed E-state index contributed by atoms with van der Waals surface area (Å²) in [6, 6.07) is 11.1. The summed E-state index contributed by atoms with van der Waals surface area (Å²) >= 11 is 0. The van der Waals surface area contributed by atoms with Gasteiger partial charge < -0.3 is 11.1 Å².